The van der Waals surface area contributed by atoms with Crippen molar-refractivity contribution >= 4 is 23.1 Å². The van der Waals surface area contributed by atoms with E-state index in [1.54, 1.807) is 23.1 Å². The van der Waals surface area contributed by atoms with Gasteiger partial charge in [0.1, 0.15) is 0 Å². The van der Waals surface area contributed by atoms with E-state index in [1.165, 1.54) is 0 Å². The van der Waals surface area contributed by atoms with Gasteiger partial charge >= 0.3 is 0 Å². The maximum atomic E-state index is 6.05. The topological polar surface area (TPSA) is 49.2 Å². The van der Waals surface area contributed by atoms with E-state index in [0.29, 0.717) is 0 Å². The summed E-state index contributed by atoms with van der Waals surface area (Å²) in [5.74, 6) is 1.82. The van der Waals surface area contributed by atoms with Gasteiger partial charge in [-0.05, 0) is 18.4 Å². The smallest absolute Gasteiger partial charge is 0.191 e. The average Bonchev–Trinajstić information content (AvgIpc) is 3.16. The standard InChI is InChI=1S/C15H21N3O2S2/c1-3-20-15(6-8-19-9-7-15)11-22-14-17-16-13(18(14)2)12-5-4-10-21-12/h4-5,10H,3,6-9,11H2,1-2H3. The molecule has 22 heavy (non-hydrogen) atoms. The van der Waals surface area contributed by atoms with Gasteiger partial charge in [-0.1, -0.05) is 17.8 Å². The minimum absolute atomic E-state index is 0.0906. The van der Waals surface area contributed by atoms with Crippen molar-refractivity contribution in [3.8, 4) is 10.7 Å². The lowest BCUT2D eigenvalue weighted by atomic mass is 9.96. The third-order valence-corrected chi connectivity index (χ3v) is 6.05. The molecule has 2 aromatic rings. The summed E-state index contributed by atoms with van der Waals surface area (Å²) in [6, 6.07) is 4.11. The molecular weight excluding hydrogens is 318 g/mol. The molecule has 0 unspecified atom stereocenters. The summed E-state index contributed by atoms with van der Waals surface area (Å²) in [6.45, 7) is 4.35. The molecule has 3 rings (SSSR count). The van der Waals surface area contributed by atoms with Crippen molar-refractivity contribution in [1.29, 1.82) is 0 Å². The molecule has 0 aliphatic carbocycles. The molecule has 0 atom stereocenters. The number of hydrogen-bond acceptors (Lipinski definition) is 6. The van der Waals surface area contributed by atoms with Crippen LogP contribution in [0.3, 0.4) is 0 Å². The number of nitrogens with zero attached hydrogens (tertiary/aromatic N) is 3. The highest BCUT2D eigenvalue weighted by Crippen LogP contribution is 2.33. The van der Waals surface area contributed by atoms with Gasteiger partial charge < -0.3 is 14.0 Å². The van der Waals surface area contributed by atoms with E-state index >= 15 is 0 Å². The molecule has 120 valence electrons. The first-order chi connectivity index (χ1) is 10.7. The van der Waals surface area contributed by atoms with Crippen molar-refractivity contribution in [2.24, 2.45) is 7.05 Å². The molecule has 0 aromatic carbocycles. The third kappa shape index (κ3) is 3.37. The second kappa shape index (κ2) is 7.12. The molecule has 0 N–H and O–H groups in total. The van der Waals surface area contributed by atoms with Gasteiger partial charge in [-0.15, -0.1) is 21.5 Å². The number of hydrogen-bond donors (Lipinski definition) is 0. The molecule has 3 heterocycles. The first kappa shape index (κ1) is 16.0. The Kier molecular flexibility index (Phi) is 5.18. The first-order valence-corrected chi connectivity index (χ1v) is 9.38. The summed E-state index contributed by atoms with van der Waals surface area (Å²) in [6.07, 6.45) is 1.90. The van der Waals surface area contributed by atoms with Crippen molar-refractivity contribution in [3.63, 3.8) is 0 Å². The number of ether oxygens (including phenoxy) is 2. The molecule has 1 fully saturated rings. The van der Waals surface area contributed by atoms with E-state index in [4.69, 9.17) is 9.47 Å². The van der Waals surface area contributed by atoms with Crippen LogP contribution < -0.4 is 0 Å². The minimum Gasteiger partial charge on any atom is -0.381 e. The van der Waals surface area contributed by atoms with Crippen LogP contribution in [0.25, 0.3) is 10.7 Å². The summed E-state index contributed by atoms with van der Waals surface area (Å²) in [4.78, 5) is 1.15. The Labute approximate surface area is 139 Å². The molecular formula is C15H21N3O2S2. The van der Waals surface area contributed by atoms with Crippen LogP contribution in [0.15, 0.2) is 22.7 Å². The maximum absolute atomic E-state index is 6.05. The first-order valence-electron chi connectivity index (χ1n) is 7.52. The predicted molar refractivity (Wildman–Crippen MR) is 89.5 cm³/mol. The summed E-state index contributed by atoms with van der Waals surface area (Å²) < 4.78 is 13.6. The number of thioether (sulfide) groups is 1. The Morgan fingerprint density at radius 3 is 2.91 bits per heavy atom. The van der Waals surface area contributed by atoms with Gasteiger partial charge in [0.05, 0.1) is 10.5 Å². The zero-order valence-electron chi connectivity index (χ0n) is 12.9. The van der Waals surface area contributed by atoms with Gasteiger partial charge in [-0.3, -0.25) is 0 Å². The summed E-state index contributed by atoms with van der Waals surface area (Å²) >= 11 is 3.41. The Balaban J connectivity index is 1.70. The van der Waals surface area contributed by atoms with Gasteiger partial charge in [0.25, 0.3) is 0 Å². The highest BCUT2D eigenvalue weighted by atomic mass is 32.2. The second-order valence-corrected chi connectivity index (χ2v) is 7.25. The fourth-order valence-corrected chi connectivity index (χ4v) is 4.52. The van der Waals surface area contributed by atoms with E-state index < -0.39 is 0 Å². The van der Waals surface area contributed by atoms with Gasteiger partial charge in [0.2, 0.25) is 0 Å². The molecule has 5 nitrogen and oxygen atoms in total. The SMILES string of the molecule is CCOC1(CSc2nnc(-c3cccs3)n2C)CCOCC1. The number of rotatable bonds is 6. The van der Waals surface area contributed by atoms with Crippen molar-refractivity contribution in [2.75, 3.05) is 25.6 Å². The highest BCUT2D eigenvalue weighted by Gasteiger charge is 2.34. The van der Waals surface area contributed by atoms with Crippen LogP contribution >= 0.6 is 23.1 Å². The fourth-order valence-electron chi connectivity index (χ4n) is 2.64. The zero-order chi connectivity index (χ0) is 15.4. The van der Waals surface area contributed by atoms with Crippen LogP contribution in [-0.4, -0.2) is 45.9 Å². The van der Waals surface area contributed by atoms with Gasteiger partial charge in [-0.25, -0.2) is 0 Å². The van der Waals surface area contributed by atoms with Gasteiger partial charge in [0, 0.05) is 45.5 Å². The minimum atomic E-state index is -0.0906. The van der Waals surface area contributed by atoms with Crippen molar-refractivity contribution in [2.45, 2.75) is 30.5 Å². The quantitative estimate of drug-likeness (QED) is 0.756. The van der Waals surface area contributed by atoms with E-state index in [9.17, 15) is 0 Å². The Bertz CT molecular complexity index is 586. The van der Waals surface area contributed by atoms with Crippen LogP contribution in [-0.2, 0) is 16.5 Å². The average molecular weight is 339 g/mol. The lowest BCUT2D eigenvalue weighted by Gasteiger charge is -2.36. The largest absolute Gasteiger partial charge is 0.381 e. The number of aromatic nitrogens is 3. The van der Waals surface area contributed by atoms with Gasteiger partial charge in [-0.2, -0.15) is 0 Å². The second-order valence-electron chi connectivity index (χ2n) is 5.36. The van der Waals surface area contributed by atoms with Crippen molar-refractivity contribution < 1.29 is 9.47 Å². The molecule has 0 amide bonds. The summed E-state index contributed by atoms with van der Waals surface area (Å²) in [5.41, 5.74) is -0.0906. The number of thiophene rings is 1. The van der Waals surface area contributed by atoms with Crippen molar-refractivity contribution in [3.05, 3.63) is 17.5 Å². The van der Waals surface area contributed by atoms with E-state index in [0.717, 1.165) is 54.3 Å². The lowest BCUT2D eigenvalue weighted by molar-refractivity contribution is -0.0918. The van der Waals surface area contributed by atoms with Crippen LogP contribution in [0, 0.1) is 0 Å². The van der Waals surface area contributed by atoms with E-state index in [2.05, 4.69) is 33.1 Å². The zero-order valence-corrected chi connectivity index (χ0v) is 14.6. The monoisotopic (exact) mass is 339 g/mol. The predicted octanol–water partition coefficient (Wildman–Crippen LogP) is 3.22. The van der Waals surface area contributed by atoms with Crippen molar-refractivity contribution in [1.82, 2.24) is 14.8 Å². The molecule has 1 saturated heterocycles. The van der Waals surface area contributed by atoms with Crippen LogP contribution in [0.4, 0.5) is 0 Å². The van der Waals surface area contributed by atoms with Gasteiger partial charge in [0.15, 0.2) is 11.0 Å². The van der Waals surface area contributed by atoms with E-state index in [1.807, 2.05) is 13.1 Å². The molecule has 1 aliphatic rings. The maximum Gasteiger partial charge on any atom is 0.191 e. The Morgan fingerprint density at radius 2 is 2.23 bits per heavy atom. The molecule has 2 aromatic heterocycles. The lowest BCUT2D eigenvalue weighted by Crippen LogP contribution is -2.41. The third-order valence-electron chi connectivity index (χ3n) is 3.90. The fraction of sp³-hybridized carbons (Fsp3) is 0.600. The molecule has 0 radical (unpaired) electrons. The summed E-state index contributed by atoms with van der Waals surface area (Å²) in [5, 5.41) is 11.7. The summed E-state index contributed by atoms with van der Waals surface area (Å²) in [7, 11) is 2.02. The van der Waals surface area contributed by atoms with Crippen LogP contribution in [0.2, 0.25) is 0 Å². The molecule has 0 spiro atoms. The van der Waals surface area contributed by atoms with E-state index in [-0.39, 0.29) is 5.60 Å². The van der Waals surface area contributed by atoms with Crippen LogP contribution in [0.5, 0.6) is 0 Å². The normalized spacial score (nSPS) is 17.7. The molecule has 1 aliphatic heterocycles. The molecule has 0 bridgehead atoms. The molecule has 0 saturated carbocycles. The van der Waals surface area contributed by atoms with Crippen LogP contribution in [0.1, 0.15) is 19.8 Å². The molecule has 7 heteroatoms. The Morgan fingerprint density at radius 1 is 1.41 bits per heavy atom. The highest BCUT2D eigenvalue weighted by molar-refractivity contribution is 7.99. The Hall–Kier alpha value is -0.890.